The largest absolute Gasteiger partial charge is 0.343 e. The van der Waals surface area contributed by atoms with Crippen molar-refractivity contribution in [3.8, 4) is 0 Å². The average Bonchev–Trinajstić information content (AvgIpc) is 2.67. The van der Waals surface area contributed by atoms with E-state index >= 15 is 0 Å². The van der Waals surface area contributed by atoms with Gasteiger partial charge in [0.05, 0.1) is 0 Å². The summed E-state index contributed by atoms with van der Waals surface area (Å²) in [6, 6.07) is 22.1. The van der Waals surface area contributed by atoms with Crippen LogP contribution in [0.2, 0.25) is 0 Å². The number of nitrogens with one attached hydrogen (secondary N) is 1. The molecule has 0 aromatic heterocycles. The van der Waals surface area contributed by atoms with E-state index in [0.29, 0.717) is 12.0 Å². The van der Waals surface area contributed by atoms with Crippen LogP contribution in [0.25, 0.3) is 0 Å². The van der Waals surface area contributed by atoms with Crippen molar-refractivity contribution < 1.29 is 4.79 Å². The van der Waals surface area contributed by atoms with Crippen LogP contribution < -0.4 is 5.32 Å². The van der Waals surface area contributed by atoms with Crippen LogP contribution in [-0.4, -0.2) is 36.5 Å². The Kier molecular flexibility index (Phi) is 6.24. The van der Waals surface area contributed by atoms with E-state index in [1.807, 2.05) is 4.90 Å². The Morgan fingerprint density at radius 2 is 1.52 bits per heavy atom. The van der Waals surface area contributed by atoms with Gasteiger partial charge >= 0.3 is 0 Å². The highest BCUT2D eigenvalue weighted by molar-refractivity contribution is 5.73. The summed E-state index contributed by atoms with van der Waals surface area (Å²) in [6.45, 7) is 4.43. The fourth-order valence-electron chi connectivity index (χ4n) is 3.73. The molecule has 2 aromatic carbocycles. The first-order valence-corrected chi connectivity index (χ1v) is 9.33. The summed E-state index contributed by atoms with van der Waals surface area (Å²) in [6.07, 6.45) is 3.20. The molecule has 3 rings (SSSR count). The maximum atomic E-state index is 11.4. The predicted molar refractivity (Wildman–Crippen MR) is 103 cm³/mol. The van der Waals surface area contributed by atoms with Crippen molar-refractivity contribution in [3.63, 3.8) is 0 Å². The smallest absolute Gasteiger partial charge is 0.219 e. The number of benzene rings is 2. The number of hydrogen-bond donors (Lipinski definition) is 1. The fraction of sp³-hybridized carbons (Fsp3) is 0.409. The first-order chi connectivity index (χ1) is 12.2. The molecule has 0 radical (unpaired) electrons. The van der Waals surface area contributed by atoms with E-state index in [0.717, 1.165) is 38.9 Å². The van der Waals surface area contributed by atoms with Crippen molar-refractivity contribution in [1.29, 1.82) is 0 Å². The summed E-state index contributed by atoms with van der Waals surface area (Å²) in [5, 5.41) is 3.71. The average molecular weight is 336 g/mol. The standard InChI is InChI=1S/C22H28N2O/c1-18(25)24-16-13-21(14-17-24)23-15-12-22(19-8-4-2-5-9-19)20-10-6-3-7-11-20/h2-11,21-23H,12-17H2,1H3. The topological polar surface area (TPSA) is 32.3 Å². The SMILES string of the molecule is CC(=O)N1CCC(NCCC(c2ccccc2)c2ccccc2)CC1. The molecule has 132 valence electrons. The molecule has 1 heterocycles. The highest BCUT2D eigenvalue weighted by Crippen LogP contribution is 2.27. The molecule has 0 unspecified atom stereocenters. The molecular formula is C22H28N2O. The lowest BCUT2D eigenvalue weighted by Gasteiger charge is -2.32. The maximum absolute atomic E-state index is 11.4. The number of carbonyl (C=O) groups is 1. The Morgan fingerprint density at radius 1 is 1.00 bits per heavy atom. The second-order valence-corrected chi connectivity index (χ2v) is 6.90. The van der Waals surface area contributed by atoms with E-state index in [-0.39, 0.29) is 5.91 Å². The highest BCUT2D eigenvalue weighted by atomic mass is 16.2. The van der Waals surface area contributed by atoms with Gasteiger partial charge in [-0.05, 0) is 36.9 Å². The minimum atomic E-state index is 0.201. The van der Waals surface area contributed by atoms with Crippen LogP contribution in [0.4, 0.5) is 0 Å². The van der Waals surface area contributed by atoms with Crippen LogP contribution in [0.5, 0.6) is 0 Å². The molecule has 1 aliphatic rings. The van der Waals surface area contributed by atoms with Gasteiger partial charge in [-0.15, -0.1) is 0 Å². The Labute approximate surface area is 151 Å². The Morgan fingerprint density at radius 3 is 2.00 bits per heavy atom. The minimum absolute atomic E-state index is 0.201. The molecule has 1 fully saturated rings. The number of hydrogen-bond acceptors (Lipinski definition) is 2. The number of likely N-dealkylation sites (tertiary alicyclic amines) is 1. The second kappa shape index (κ2) is 8.82. The van der Waals surface area contributed by atoms with Crippen molar-refractivity contribution in [1.82, 2.24) is 10.2 Å². The highest BCUT2D eigenvalue weighted by Gasteiger charge is 2.21. The molecule has 25 heavy (non-hydrogen) atoms. The van der Waals surface area contributed by atoms with Crippen molar-refractivity contribution in [3.05, 3.63) is 71.8 Å². The van der Waals surface area contributed by atoms with Gasteiger partial charge in [-0.1, -0.05) is 60.7 Å². The third kappa shape index (κ3) is 4.93. The van der Waals surface area contributed by atoms with Crippen molar-refractivity contribution in [2.75, 3.05) is 19.6 Å². The van der Waals surface area contributed by atoms with Crippen LogP contribution in [0.3, 0.4) is 0 Å². The lowest BCUT2D eigenvalue weighted by Crippen LogP contribution is -2.44. The van der Waals surface area contributed by atoms with Crippen LogP contribution in [-0.2, 0) is 4.79 Å². The van der Waals surface area contributed by atoms with Crippen LogP contribution in [0.1, 0.15) is 43.2 Å². The van der Waals surface area contributed by atoms with Gasteiger partial charge in [0.1, 0.15) is 0 Å². The molecule has 0 spiro atoms. The zero-order valence-electron chi connectivity index (χ0n) is 15.0. The second-order valence-electron chi connectivity index (χ2n) is 6.90. The summed E-state index contributed by atoms with van der Waals surface area (Å²) in [5.41, 5.74) is 2.75. The number of amides is 1. The van der Waals surface area contributed by atoms with Gasteiger partial charge in [0.15, 0.2) is 0 Å². The number of rotatable bonds is 6. The monoisotopic (exact) mass is 336 g/mol. The third-order valence-electron chi connectivity index (χ3n) is 5.21. The Hall–Kier alpha value is -2.13. The summed E-state index contributed by atoms with van der Waals surface area (Å²) in [7, 11) is 0. The van der Waals surface area contributed by atoms with Crippen molar-refractivity contribution in [2.24, 2.45) is 0 Å². The molecule has 1 amide bonds. The molecule has 0 atom stereocenters. The summed E-state index contributed by atoms with van der Waals surface area (Å²) in [4.78, 5) is 13.4. The van der Waals surface area contributed by atoms with E-state index in [9.17, 15) is 4.79 Å². The van der Waals surface area contributed by atoms with E-state index in [2.05, 4.69) is 66.0 Å². The van der Waals surface area contributed by atoms with Gasteiger partial charge in [-0.25, -0.2) is 0 Å². The lowest BCUT2D eigenvalue weighted by molar-refractivity contribution is -0.129. The molecule has 3 heteroatoms. The summed E-state index contributed by atoms with van der Waals surface area (Å²) in [5.74, 6) is 0.624. The summed E-state index contributed by atoms with van der Waals surface area (Å²) >= 11 is 0. The predicted octanol–water partition coefficient (Wildman–Crippen LogP) is 3.81. The first kappa shape index (κ1) is 17.7. The molecule has 2 aromatic rings. The molecule has 0 saturated carbocycles. The molecule has 0 bridgehead atoms. The van der Waals surface area contributed by atoms with Gasteiger partial charge in [0.2, 0.25) is 5.91 Å². The first-order valence-electron chi connectivity index (χ1n) is 9.33. The number of carbonyl (C=O) groups excluding carboxylic acids is 1. The van der Waals surface area contributed by atoms with E-state index in [4.69, 9.17) is 0 Å². The van der Waals surface area contributed by atoms with Crippen LogP contribution >= 0.6 is 0 Å². The zero-order chi connectivity index (χ0) is 17.5. The Balaban J connectivity index is 1.56. The lowest BCUT2D eigenvalue weighted by atomic mass is 9.88. The number of piperidine rings is 1. The van der Waals surface area contributed by atoms with Gasteiger partial charge in [0, 0.05) is 32.0 Å². The van der Waals surface area contributed by atoms with Crippen LogP contribution in [0.15, 0.2) is 60.7 Å². The van der Waals surface area contributed by atoms with E-state index in [1.165, 1.54) is 11.1 Å². The maximum Gasteiger partial charge on any atom is 0.219 e. The van der Waals surface area contributed by atoms with Crippen LogP contribution in [0, 0.1) is 0 Å². The van der Waals surface area contributed by atoms with Gasteiger partial charge in [-0.2, -0.15) is 0 Å². The molecular weight excluding hydrogens is 308 g/mol. The molecule has 1 N–H and O–H groups in total. The fourth-order valence-corrected chi connectivity index (χ4v) is 3.73. The zero-order valence-corrected chi connectivity index (χ0v) is 15.0. The third-order valence-corrected chi connectivity index (χ3v) is 5.21. The number of nitrogens with zero attached hydrogens (tertiary/aromatic N) is 1. The normalized spacial score (nSPS) is 15.5. The Bertz CT molecular complexity index is 609. The van der Waals surface area contributed by atoms with Gasteiger partial charge in [-0.3, -0.25) is 4.79 Å². The van der Waals surface area contributed by atoms with Crippen molar-refractivity contribution in [2.45, 2.75) is 38.1 Å². The molecule has 0 aliphatic carbocycles. The van der Waals surface area contributed by atoms with E-state index in [1.54, 1.807) is 6.92 Å². The van der Waals surface area contributed by atoms with Gasteiger partial charge in [0.25, 0.3) is 0 Å². The van der Waals surface area contributed by atoms with Crippen molar-refractivity contribution >= 4 is 5.91 Å². The molecule has 1 aliphatic heterocycles. The van der Waals surface area contributed by atoms with E-state index < -0.39 is 0 Å². The molecule has 1 saturated heterocycles. The minimum Gasteiger partial charge on any atom is -0.343 e. The quantitative estimate of drug-likeness (QED) is 0.870. The van der Waals surface area contributed by atoms with Gasteiger partial charge < -0.3 is 10.2 Å². The molecule has 3 nitrogen and oxygen atoms in total. The summed E-state index contributed by atoms with van der Waals surface area (Å²) < 4.78 is 0.